The SMILES string of the molecule is CCCCCc1ccc(C2=CCc3cc(OC(F)(F)F)ccc3C2)cc1. The number of benzene rings is 2. The minimum Gasteiger partial charge on any atom is -0.406 e. The molecule has 0 fully saturated rings. The van der Waals surface area contributed by atoms with Crippen LogP contribution in [0.4, 0.5) is 13.2 Å². The topological polar surface area (TPSA) is 9.23 Å². The Balaban J connectivity index is 1.68. The molecule has 0 saturated heterocycles. The highest BCUT2D eigenvalue weighted by Crippen LogP contribution is 2.32. The van der Waals surface area contributed by atoms with Gasteiger partial charge in [-0.1, -0.05) is 56.2 Å². The quantitative estimate of drug-likeness (QED) is 0.534. The first-order valence-electron chi connectivity index (χ1n) is 9.10. The van der Waals surface area contributed by atoms with Crippen molar-refractivity contribution in [3.63, 3.8) is 0 Å². The third kappa shape index (κ3) is 4.90. The molecule has 138 valence electrons. The molecule has 0 radical (unpaired) electrons. The van der Waals surface area contributed by atoms with Crippen LogP contribution >= 0.6 is 0 Å². The Bertz CT molecular complexity index is 773. The monoisotopic (exact) mass is 360 g/mol. The molecule has 4 heteroatoms. The summed E-state index contributed by atoms with van der Waals surface area (Å²) in [5.74, 6) is -0.149. The van der Waals surface area contributed by atoms with Gasteiger partial charge in [-0.15, -0.1) is 13.2 Å². The number of ether oxygens (including phenoxy) is 1. The Morgan fingerprint density at radius 3 is 2.42 bits per heavy atom. The summed E-state index contributed by atoms with van der Waals surface area (Å²) >= 11 is 0. The van der Waals surface area contributed by atoms with E-state index in [1.165, 1.54) is 48.1 Å². The molecule has 0 amide bonds. The van der Waals surface area contributed by atoms with E-state index in [0.717, 1.165) is 24.0 Å². The molecule has 0 heterocycles. The zero-order valence-electron chi connectivity index (χ0n) is 14.9. The van der Waals surface area contributed by atoms with Crippen LogP contribution in [-0.2, 0) is 19.3 Å². The summed E-state index contributed by atoms with van der Waals surface area (Å²) in [5, 5.41) is 0. The van der Waals surface area contributed by atoms with Crippen molar-refractivity contribution in [3.05, 3.63) is 70.8 Å². The molecule has 0 aliphatic heterocycles. The van der Waals surface area contributed by atoms with Gasteiger partial charge in [0.15, 0.2) is 0 Å². The van der Waals surface area contributed by atoms with Crippen LogP contribution in [0, 0.1) is 0 Å². The molecule has 0 spiro atoms. The first-order valence-corrected chi connectivity index (χ1v) is 9.10. The van der Waals surface area contributed by atoms with E-state index in [-0.39, 0.29) is 5.75 Å². The highest BCUT2D eigenvalue weighted by Gasteiger charge is 2.31. The van der Waals surface area contributed by atoms with E-state index in [1.54, 1.807) is 6.07 Å². The number of halogens is 3. The lowest BCUT2D eigenvalue weighted by molar-refractivity contribution is -0.274. The lowest BCUT2D eigenvalue weighted by atomic mass is 9.87. The molecule has 0 saturated carbocycles. The molecule has 1 aliphatic rings. The summed E-state index contributed by atoms with van der Waals surface area (Å²) in [6.07, 6.45) is 3.61. The van der Waals surface area contributed by atoms with Gasteiger partial charge in [-0.2, -0.15) is 0 Å². The van der Waals surface area contributed by atoms with Crippen molar-refractivity contribution in [1.82, 2.24) is 0 Å². The Kier molecular flexibility index (Phi) is 5.70. The van der Waals surface area contributed by atoms with Crippen molar-refractivity contribution in [2.24, 2.45) is 0 Å². The standard InChI is InChI=1S/C22H23F3O/c1-2-3-4-5-16-6-8-17(9-7-16)18-10-11-20-15-21(26-22(23,24)25)13-12-19(20)14-18/h6-10,12-13,15H,2-5,11,14H2,1H3. The molecule has 0 atom stereocenters. The number of rotatable bonds is 6. The summed E-state index contributed by atoms with van der Waals surface area (Å²) in [5.41, 5.74) is 5.72. The van der Waals surface area contributed by atoms with Gasteiger partial charge in [0.25, 0.3) is 0 Å². The average Bonchev–Trinajstić information content (AvgIpc) is 2.61. The van der Waals surface area contributed by atoms with Crippen molar-refractivity contribution in [1.29, 1.82) is 0 Å². The van der Waals surface area contributed by atoms with E-state index in [2.05, 4.69) is 42.0 Å². The van der Waals surface area contributed by atoms with E-state index in [0.29, 0.717) is 6.42 Å². The second-order valence-electron chi connectivity index (χ2n) is 6.74. The maximum Gasteiger partial charge on any atom is 0.573 e. The fourth-order valence-corrected chi connectivity index (χ4v) is 3.36. The van der Waals surface area contributed by atoms with Crippen LogP contribution in [0.5, 0.6) is 5.75 Å². The summed E-state index contributed by atoms with van der Waals surface area (Å²) in [6, 6.07) is 13.3. The van der Waals surface area contributed by atoms with Crippen molar-refractivity contribution in [3.8, 4) is 5.75 Å². The van der Waals surface area contributed by atoms with Crippen molar-refractivity contribution < 1.29 is 17.9 Å². The van der Waals surface area contributed by atoms with E-state index in [9.17, 15) is 13.2 Å². The van der Waals surface area contributed by atoms with Gasteiger partial charge in [0.2, 0.25) is 0 Å². The highest BCUT2D eigenvalue weighted by molar-refractivity contribution is 5.71. The van der Waals surface area contributed by atoms with Crippen molar-refractivity contribution >= 4 is 5.57 Å². The Hall–Kier alpha value is -2.23. The fraction of sp³-hybridized carbons (Fsp3) is 0.364. The van der Waals surface area contributed by atoms with E-state index < -0.39 is 6.36 Å². The zero-order valence-corrected chi connectivity index (χ0v) is 14.9. The average molecular weight is 360 g/mol. The van der Waals surface area contributed by atoms with Gasteiger partial charge in [0.05, 0.1) is 0 Å². The van der Waals surface area contributed by atoms with Gasteiger partial charge >= 0.3 is 6.36 Å². The molecule has 26 heavy (non-hydrogen) atoms. The Labute approximate surface area is 152 Å². The maximum absolute atomic E-state index is 12.4. The van der Waals surface area contributed by atoms with Gasteiger partial charge < -0.3 is 4.74 Å². The zero-order chi connectivity index (χ0) is 18.6. The van der Waals surface area contributed by atoms with Gasteiger partial charge in [0.1, 0.15) is 5.75 Å². The predicted molar refractivity (Wildman–Crippen MR) is 98.2 cm³/mol. The van der Waals surface area contributed by atoms with E-state index >= 15 is 0 Å². The van der Waals surface area contributed by atoms with Crippen LogP contribution in [-0.4, -0.2) is 6.36 Å². The van der Waals surface area contributed by atoms with Crippen LogP contribution in [0.3, 0.4) is 0 Å². The minimum atomic E-state index is -4.65. The predicted octanol–water partition coefficient (Wildman–Crippen LogP) is 6.50. The Morgan fingerprint density at radius 1 is 0.962 bits per heavy atom. The number of fused-ring (bicyclic) bond motifs is 1. The minimum absolute atomic E-state index is 0.149. The number of hydrogen-bond acceptors (Lipinski definition) is 1. The molecular weight excluding hydrogens is 337 g/mol. The van der Waals surface area contributed by atoms with Gasteiger partial charge in [0, 0.05) is 0 Å². The molecule has 0 bridgehead atoms. The first kappa shape index (κ1) is 18.6. The van der Waals surface area contributed by atoms with E-state index in [1.807, 2.05) is 0 Å². The fourth-order valence-electron chi connectivity index (χ4n) is 3.36. The largest absolute Gasteiger partial charge is 0.573 e. The summed E-state index contributed by atoms with van der Waals surface area (Å²) in [7, 11) is 0. The normalized spacial score (nSPS) is 13.9. The molecular formula is C22H23F3O. The van der Waals surface area contributed by atoms with Gasteiger partial charge in [-0.3, -0.25) is 0 Å². The number of unbranched alkanes of at least 4 members (excludes halogenated alkanes) is 2. The second kappa shape index (κ2) is 7.98. The van der Waals surface area contributed by atoms with Crippen LogP contribution in [0.15, 0.2) is 48.5 Å². The van der Waals surface area contributed by atoms with Crippen LogP contribution < -0.4 is 4.74 Å². The number of allylic oxidation sites excluding steroid dienone is 2. The number of alkyl halides is 3. The lowest BCUT2D eigenvalue weighted by Gasteiger charge is -2.19. The van der Waals surface area contributed by atoms with Crippen LogP contribution in [0.1, 0.15) is 48.4 Å². The molecule has 2 aromatic carbocycles. The Morgan fingerprint density at radius 2 is 1.73 bits per heavy atom. The second-order valence-corrected chi connectivity index (χ2v) is 6.74. The first-order chi connectivity index (χ1) is 12.4. The van der Waals surface area contributed by atoms with Crippen LogP contribution in [0.2, 0.25) is 0 Å². The summed E-state index contributed by atoms with van der Waals surface area (Å²) in [6.45, 7) is 2.20. The van der Waals surface area contributed by atoms with Gasteiger partial charge in [-0.25, -0.2) is 0 Å². The lowest BCUT2D eigenvalue weighted by Crippen LogP contribution is -2.17. The molecule has 0 aromatic heterocycles. The smallest absolute Gasteiger partial charge is 0.406 e. The van der Waals surface area contributed by atoms with Crippen molar-refractivity contribution in [2.75, 3.05) is 0 Å². The molecule has 0 N–H and O–H groups in total. The summed E-state index contributed by atoms with van der Waals surface area (Å²) < 4.78 is 41.1. The molecule has 3 rings (SSSR count). The molecule has 0 unspecified atom stereocenters. The summed E-state index contributed by atoms with van der Waals surface area (Å²) in [4.78, 5) is 0. The van der Waals surface area contributed by atoms with Crippen molar-refractivity contribution in [2.45, 2.75) is 51.8 Å². The third-order valence-corrected chi connectivity index (χ3v) is 4.75. The van der Waals surface area contributed by atoms with Gasteiger partial charge in [-0.05, 0) is 65.6 Å². The maximum atomic E-state index is 12.4. The highest BCUT2D eigenvalue weighted by atomic mass is 19.4. The number of hydrogen-bond donors (Lipinski definition) is 0. The molecule has 1 aliphatic carbocycles. The number of aryl methyl sites for hydroxylation is 1. The van der Waals surface area contributed by atoms with E-state index in [4.69, 9.17) is 0 Å². The van der Waals surface area contributed by atoms with Crippen LogP contribution in [0.25, 0.3) is 5.57 Å². The molecule has 1 nitrogen and oxygen atoms in total. The third-order valence-electron chi connectivity index (χ3n) is 4.75. The molecule has 2 aromatic rings.